The van der Waals surface area contributed by atoms with Crippen LogP contribution in [-0.2, 0) is 11.4 Å². The normalized spacial score (nSPS) is 13.8. The molecule has 0 bridgehead atoms. The molecule has 0 unspecified atom stereocenters. The van der Waals surface area contributed by atoms with Gasteiger partial charge in [0.15, 0.2) is 6.61 Å². The molecule has 4 rings (SSSR count). The van der Waals surface area contributed by atoms with Crippen LogP contribution < -0.4 is 14.9 Å². The van der Waals surface area contributed by atoms with E-state index in [0.717, 1.165) is 15.6 Å². The number of amides is 1. The van der Waals surface area contributed by atoms with Crippen LogP contribution in [0.4, 0.5) is 4.39 Å². The SMILES string of the molecule is O=C(COc1ccc(C2SCCS2)cc1)N/N=C\c1ccc(OCc2ccc(F)cc2)c(Br)c1. The van der Waals surface area contributed by atoms with E-state index in [1.54, 1.807) is 18.2 Å². The zero-order valence-corrected chi connectivity index (χ0v) is 21.3. The third-order valence-electron chi connectivity index (χ3n) is 4.81. The number of rotatable bonds is 9. The second-order valence-electron chi connectivity index (χ2n) is 7.33. The molecule has 1 aliphatic rings. The van der Waals surface area contributed by atoms with E-state index in [4.69, 9.17) is 9.47 Å². The van der Waals surface area contributed by atoms with Crippen molar-refractivity contribution < 1.29 is 18.7 Å². The molecule has 5 nitrogen and oxygen atoms in total. The van der Waals surface area contributed by atoms with Crippen LogP contribution in [-0.4, -0.2) is 30.2 Å². The van der Waals surface area contributed by atoms with Crippen LogP contribution in [0.1, 0.15) is 21.3 Å². The molecule has 1 fully saturated rings. The number of nitrogens with zero attached hydrogens (tertiary/aromatic N) is 1. The molecule has 1 aliphatic heterocycles. The van der Waals surface area contributed by atoms with Gasteiger partial charge in [-0.2, -0.15) is 5.10 Å². The van der Waals surface area contributed by atoms with Crippen LogP contribution in [0.2, 0.25) is 0 Å². The van der Waals surface area contributed by atoms with Gasteiger partial charge in [0.05, 0.1) is 15.3 Å². The predicted molar refractivity (Wildman–Crippen MR) is 140 cm³/mol. The largest absolute Gasteiger partial charge is 0.488 e. The molecular weight excluding hydrogens is 539 g/mol. The second-order valence-corrected chi connectivity index (χ2v) is 10.9. The summed E-state index contributed by atoms with van der Waals surface area (Å²) >= 11 is 7.38. The highest BCUT2D eigenvalue weighted by Gasteiger charge is 2.18. The van der Waals surface area contributed by atoms with Gasteiger partial charge >= 0.3 is 0 Å². The molecule has 0 radical (unpaired) electrons. The first-order chi connectivity index (χ1) is 16.6. The Hall–Kier alpha value is -2.49. The van der Waals surface area contributed by atoms with Crippen LogP contribution in [0.5, 0.6) is 11.5 Å². The van der Waals surface area contributed by atoms with E-state index < -0.39 is 0 Å². The number of benzene rings is 3. The lowest BCUT2D eigenvalue weighted by Crippen LogP contribution is -2.24. The summed E-state index contributed by atoms with van der Waals surface area (Å²) in [6.07, 6.45) is 1.54. The van der Waals surface area contributed by atoms with Gasteiger partial charge in [0.25, 0.3) is 5.91 Å². The number of hydrogen-bond acceptors (Lipinski definition) is 6. The third-order valence-corrected chi connectivity index (χ3v) is 8.53. The quantitative estimate of drug-likeness (QED) is 0.250. The van der Waals surface area contributed by atoms with Gasteiger partial charge in [-0.05, 0) is 75.1 Å². The molecule has 0 atom stereocenters. The maximum Gasteiger partial charge on any atom is 0.277 e. The Morgan fingerprint density at radius 2 is 1.79 bits per heavy atom. The lowest BCUT2D eigenvalue weighted by molar-refractivity contribution is -0.123. The fourth-order valence-corrected chi connectivity index (χ4v) is 6.46. The summed E-state index contributed by atoms with van der Waals surface area (Å²) in [6, 6.07) is 19.5. The maximum atomic E-state index is 13.0. The molecule has 0 aromatic heterocycles. The zero-order valence-electron chi connectivity index (χ0n) is 18.1. The third kappa shape index (κ3) is 7.25. The van der Waals surface area contributed by atoms with E-state index in [2.05, 4.69) is 26.5 Å². The molecule has 3 aromatic carbocycles. The number of hydrazone groups is 1. The van der Waals surface area contributed by atoms with Crippen molar-refractivity contribution in [1.82, 2.24) is 5.43 Å². The Morgan fingerprint density at radius 3 is 2.50 bits per heavy atom. The van der Waals surface area contributed by atoms with Gasteiger partial charge in [-0.15, -0.1) is 23.5 Å². The molecule has 34 heavy (non-hydrogen) atoms. The predicted octanol–water partition coefficient (Wildman–Crippen LogP) is 6.17. The monoisotopic (exact) mass is 560 g/mol. The highest BCUT2D eigenvalue weighted by atomic mass is 79.9. The fourth-order valence-electron chi connectivity index (χ4n) is 3.09. The van der Waals surface area contributed by atoms with Gasteiger partial charge in [0.1, 0.15) is 23.9 Å². The number of thioether (sulfide) groups is 2. The first kappa shape index (κ1) is 24.6. The molecule has 0 spiro atoms. The van der Waals surface area contributed by atoms with Gasteiger partial charge in [-0.25, -0.2) is 9.82 Å². The summed E-state index contributed by atoms with van der Waals surface area (Å²) in [5.74, 6) is 3.03. The second kappa shape index (κ2) is 12.3. The topological polar surface area (TPSA) is 59.9 Å². The van der Waals surface area contributed by atoms with E-state index in [9.17, 15) is 9.18 Å². The van der Waals surface area contributed by atoms with Crippen molar-refractivity contribution >= 4 is 51.6 Å². The van der Waals surface area contributed by atoms with Crippen molar-refractivity contribution in [3.05, 3.63) is 93.7 Å². The van der Waals surface area contributed by atoms with Gasteiger partial charge in [0, 0.05) is 11.5 Å². The molecule has 1 amide bonds. The molecule has 176 valence electrons. The number of halogens is 2. The maximum absolute atomic E-state index is 13.0. The first-order valence-corrected chi connectivity index (χ1v) is 13.4. The minimum atomic E-state index is -0.347. The summed E-state index contributed by atoms with van der Waals surface area (Å²) in [4.78, 5) is 12.0. The molecule has 1 heterocycles. The highest BCUT2D eigenvalue weighted by molar-refractivity contribution is 9.10. The molecule has 0 aliphatic carbocycles. The fraction of sp³-hybridized carbons (Fsp3) is 0.200. The number of carbonyl (C=O) groups excluding carboxylic acids is 1. The van der Waals surface area contributed by atoms with Crippen molar-refractivity contribution in [2.75, 3.05) is 18.1 Å². The van der Waals surface area contributed by atoms with Crippen molar-refractivity contribution in [1.29, 1.82) is 0 Å². The summed E-state index contributed by atoms with van der Waals surface area (Å²) in [7, 11) is 0. The number of ether oxygens (including phenoxy) is 2. The average molecular weight is 561 g/mol. The Labute approximate surface area is 214 Å². The lowest BCUT2D eigenvalue weighted by atomic mass is 10.2. The van der Waals surface area contributed by atoms with Crippen molar-refractivity contribution in [3.8, 4) is 11.5 Å². The van der Waals surface area contributed by atoms with Gasteiger partial charge in [-0.3, -0.25) is 4.79 Å². The van der Waals surface area contributed by atoms with E-state index in [0.29, 0.717) is 22.7 Å². The number of hydrogen-bond donors (Lipinski definition) is 1. The Balaban J connectivity index is 1.21. The summed E-state index contributed by atoms with van der Waals surface area (Å²) in [5.41, 5.74) is 5.38. The highest BCUT2D eigenvalue weighted by Crippen LogP contribution is 2.45. The standard InChI is InChI=1S/C25H22BrFN2O3S2/c26-22-13-18(3-10-23(22)32-15-17-1-6-20(27)7-2-17)14-28-29-24(30)16-31-21-8-4-19(5-9-21)25-33-11-12-34-25/h1-10,13-14,25H,11-12,15-16H2,(H,29,30)/b28-14-. The van der Waals surface area contributed by atoms with Crippen LogP contribution >= 0.6 is 39.5 Å². The Kier molecular flexibility index (Phi) is 8.90. The summed E-state index contributed by atoms with van der Waals surface area (Å²) in [6.45, 7) is 0.201. The molecule has 1 N–H and O–H groups in total. The van der Waals surface area contributed by atoms with E-state index in [1.807, 2.05) is 59.9 Å². The van der Waals surface area contributed by atoms with Crippen molar-refractivity contribution in [3.63, 3.8) is 0 Å². The average Bonchev–Trinajstić information content (AvgIpc) is 3.39. The minimum absolute atomic E-state index is 0.122. The molecule has 0 saturated carbocycles. The first-order valence-electron chi connectivity index (χ1n) is 10.5. The van der Waals surface area contributed by atoms with E-state index in [-0.39, 0.29) is 18.3 Å². The smallest absolute Gasteiger partial charge is 0.277 e. The zero-order chi connectivity index (χ0) is 23.8. The van der Waals surface area contributed by atoms with Crippen LogP contribution in [0.25, 0.3) is 0 Å². The Morgan fingerprint density at radius 1 is 1.06 bits per heavy atom. The molecule has 9 heteroatoms. The van der Waals surface area contributed by atoms with E-state index in [1.165, 1.54) is 35.4 Å². The van der Waals surface area contributed by atoms with Gasteiger partial charge in [0.2, 0.25) is 0 Å². The molecular formula is C25H22BrFN2O3S2. The van der Waals surface area contributed by atoms with Crippen LogP contribution in [0, 0.1) is 5.82 Å². The van der Waals surface area contributed by atoms with Crippen molar-refractivity contribution in [2.24, 2.45) is 5.10 Å². The molecule has 3 aromatic rings. The number of nitrogens with one attached hydrogen (secondary N) is 1. The lowest BCUT2D eigenvalue weighted by Gasteiger charge is -2.10. The molecule has 1 saturated heterocycles. The van der Waals surface area contributed by atoms with Gasteiger partial charge < -0.3 is 9.47 Å². The van der Waals surface area contributed by atoms with E-state index >= 15 is 0 Å². The van der Waals surface area contributed by atoms with Crippen LogP contribution in [0.15, 0.2) is 76.3 Å². The minimum Gasteiger partial charge on any atom is -0.488 e. The van der Waals surface area contributed by atoms with Gasteiger partial charge in [-0.1, -0.05) is 24.3 Å². The summed E-state index contributed by atoms with van der Waals surface area (Å²) < 4.78 is 25.5. The Bertz CT molecular complexity index is 1140. The van der Waals surface area contributed by atoms with Crippen molar-refractivity contribution in [2.45, 2.75) is 11.2 Å². The van der Waals surface area contributed by atoms with Crippen LogP contribution in [0.3, 0.4) is 0 Å². The summed E-state index contributed by atoms with van der Waals surface area (Å²) in [5, 5.41) is 3.99. The number of carbonyl (C=O) groups is 1.